The molecule has 1 aromatic rings. The normalized spacial score (nSPS) is 12.0. The van der Waals surface area contributed by atoms with Gasteiger partial charge in [0.1, 0.15) is 0 Å². The van der Waals surface area contributed by atoms with Crippen molar-refractivity contribution in [2.24, 2.45) is 12.0 Å². The van der Waals surface area contributed by atoms with Crippen LogP contribution in [0.3, 0.4) is 0 Å². The van der Waals surface area contributed by atoms with Gasteiger partial charge >= 0.3 is 0 Å². The second-order valence-electron chi connectivity index (χ2n) is 5.37. The highest BCUT2D eigenvalue weighted by Gasteiger charge is 2.09. The molecule has 24 heavy (non-hydrogen) atoms. The molecule has 1 rings (SSSR count). The molecule has 0 amide bonds. The Kier molecular flexibility index (Phi) is 10.9. The van der Waals surface area contributed by atoms with Crippen LogP contribution in [0.1, 0.15) is 19.0 Å². The van der Waals surface area contributed by atoms with Crippen LogP contribution < -0.4 is 10.0 Å². The van der Waals surface area contributed by atoms with Crippen LogP contribution >= 0.6 is 35.6 Å². The van der Waals surface area contributed by atoms with Crippen LogP contribution in [0.4, 0.5) is 0 Å². The highest BCUT2D eigenvalue weighted by molar-refractivity contribution is 14.0. The molecule has 0 radical (unpaired) electrons. The molecule has 0 saturated heterocycles. The molecule has 140 valence electrons. The zero-order chi connectivity index (χ0) is 17.5. The lowest BCUT2D eigenvalue weighted by Gasteiger charge is -2.22. The van der Waals surface area contributed by atoms with Gasteiger partial charge in [0.25, 0.3) is 0 Å². The van der Waals surface area contributed by atoms with Crippen molar-refractivity contribution >= 4 is 51.6 Å². The minimum absolute atomic E-state index is 0. The zero-order valence-corrected chi connectivity index (χ0v) is 18.4. The van der Waals surface area contributed by atoms with Crippen LogP contribution in [-0.4, -0.2) is 56.8 Å². The Morgan fingerprint density at radius 1 is 1.46 bits per heavy atom. The van der Waals surface area contributed by atoms with Crippen molar-refractivity contribution in [1.29, 1.82) is 0 Å². The minimum Gasteiger partial charge on any atom is -0.357 e. The molecule has 2 N–H and O–H groups in total. The summed E-state index contributed by atoms with van der Waals surface area (Å²) < 4.78 is 26.4. The average Bonchev–Trinajstić information content (AvgIpc) is 2.74. The number of sulfonamides is 1. The first-order chi connectivity index (χ1) is 10.7. The number of hydrogen-bond donors (Lipinski definition) is 2. The number of nitrogens with zero attached hydrogens (tertiary/aromatic N) is 3. The number of aromatic nitrogens is 1. The summed E-state index contributed by atoms with van der Waals surface area (Å²) >= 11 is 6.00. The second kappa shape index (κ2) is 11.2. The van der Waals surface area contributed by atoms with Crippen molar-refractivity contribution in [3.05, 3.63) is 23.0 Å². The van der Waals surface area contributed by atoms with Crippen molar-refractivity contribution in [1.82, 2.24) is 19.5 Å². The molecule has 1 heterocycles. The third-order valence-corrected chi connectivity index (χ3v) is 4.07. The van der Waals surface area contributed by atoms with Crippen molar-refractivity contribution in [3.63, 3.8) is 0 Å². The molecule has 7 nitrogen and oxygen atoms in total. The summed E-state index contributed by atoms with van der Waals surface area (Å²) in [4.78, 5) is 6.53. The molecular weight excluding hydrogens is 465 g/mol. The summed E-state index contributed by atoms with van der Waals surface area (Å²) in [6.07, 6.45) is 3.66. The van der Waals surface area contributed by atoms with Crippen LogP contribution in [0, 0.1) is 0 Å². The van der Waals surface area contributed by atoms with Gasteiger partial charge in [-0.05, 0) is 19.4 Å². The van der Waals surface area contributed by atoms with E-state index >= 15 is 0 Å². The summed E-state index contributed by atoms with van der Waals surface area (Å²) in [5.41, 5.74) is 1.09. The predicted octanol–water partition coefficient (Wildman–Crippen LogP) is 1.63. The standard InChI is InChI=1S/C14H26ClN5O2S.HI/c1-5-16-14(17-7-6-8-18-23(4,21)22)20(3)11-13-9-12(15)10-19(13)2;/h9-10,18H,5-8,11H2,1-4H3,(H,16,17);1H. The smallest absolute Gasteiger partial charge is 0.208 e. The molecule has 0 aliphatic rings. The van der Waals surface area contributed by atoms with Crippen molar-refractivity contribution in [2.75, 3.05) is 32.9 Å². The Morgan fingerprint density at radius 2 is 2.12 bits per heavy atom. The molecule has 0 unspecified atom stereocenters. The highest BCUT2D eigenvalue weighted by atomic mass is 127. The average molecular weight is 492 g/mol. The maximum absolute atomic E-state index is 11.0. The van der Waals surface area contributed by atoms with Gasteiger partial charge in [0.2, 0.25) is 10.0 Å². The van der Waals surface area contributed by atoms with E-state index < -0.39 is 10.0 Å². The number of rotatable bonds is 8. The number of guanidine groups is 1. The number of aliphatic imine (C=N–C) groups is 1. The predicted molar refractivity (Wildman–Crippen MR) is 111 cm³/mol. The van der Waals surface area contributed by atoms with E-state index in [4.69, 9.17) is 11.6 Å². The van der Waals surface area contributed by atoms with E-state index in [1.165, 1.54) is 0 Å². The number of nitrogens with one attached hydrogen (secondary N) is 2. The molecule has 1 aromatic heterocycles. The van der Waals surface area contributed by atoms with E-state index in [0.717, 1.165) is 24.5 Å². The summed E-state index contributed by atoms with van der Waals surface area (Å²) in [6.45, 7) is 4.38. The number of aryl methyl sites for hydroxylation is 1. The summed E-state index contributed by atoms with van der Waals surface area (Å²) in [5.74, 6) is 0.782. The number of halogens is 2. The molecule has 0 aliphatic carbocycles. The molecule has 0 aliphatic heterocycles. The summed E-state index contributed by atoms with van der Waals surface area (Å²) in [5, 5.41) is 3.94. The van der Waals surface area contributed by atoms with Crippen LogP contribution in [0.25, 0.3) is 0 Å². The third-order valence-electron chi connectivity index (χ3n) is 3.13. The number of hydrogen-bond acceptors (Lipinski definition) is 3. The Hall–Kier alpha value is -0.520. The van der Waals surface area contributed by atoms with Crippen molar-refractivity contribution < 1.29 is 8.42 Å². The van der Waals surface area contributed by atoms with Crippen LogP contribution in [0.2, 0.25) is 5.02 Å². The fourth-order valence-electron chi connectivity index (χ4n) is 2.03. The summed E-state index contributed by atoms with van der Waals surface area (Å²) in [7, 11) is 0.776. The molecule has 0 atom stereocenters. The summed E-state index contributed by atoms with van der Waals surface area (Å²) in [6, 6.07) is 1.93. The van der Waals surface area contributed by atoms with Crippen molar-refractivity contribution in [2.45, 2.75) is 19.9 Å². The van der Waals surface area contributed by atoms with Gasteiger partial charge in [-0.2, -0.15) is 0 Å². The monoisotopic (exact) mass is 491 g/mol. The Labute approximate surface area is 166 Å². The SMILES string of the molecule is CCNC(=NCCCNS(C)(=O)=O)N(C)Cc1cc(Cl)cn1C.I. The lowest BCUT2D eigenvalue weighted by molar-refractivity contribution is 0.461. The lowest BCUT2D eigenvalue weighted by Crippen LogP contribution is -2.39. The fraction of sp³-hybridized carbons (Fsp3) is 0.643. The van der Waals surface area contributed by atoms with E-state index in [2.05, 4.69) is 15.0 Å². The topological polar surface area (TPSA) is 78.7 Å². The van der Waals surface area contributed by atoms with Gasteiger partial charge < -0.3 is 14.8 Å². The largest absolute Gasteiger partial charge is 0.357 e. The second-order valence-corrected chi connectivity index (χ2v) is 7.64. The van der Waals surface area contributed by atoms with Crippen molar-refractivity contribution in [3.8, 4) is 0 Å². The molecule has 0 spiro atoms. The van der Waals surface area contributed by atoms with Gasteiger partial charge in [-0.3, -0.25) is 4.99 Å². The maximum atomic E-state index is 11.0. The fourth-order valence-corrected chi connectivity index (χ4v) is 2.82. The van der Waals surface area contributed by atoms with Gasteiger partial charge in [-0.25, -0.2) is 13.1 Å². The van der Waals surface area contributed by atoms with Crippen LogP contribution in [0.15, 0.2) is 17.3 Å². The van der Waals surface area contributed by atoms with Crippen LogP contribution in [-0.2, 0) is 23.6 Å². The molecular formula is C14H27ClIN5O2S. The first-order valence-corrected chi connectivity index (χ1v) is 9.74. The Bertz CT molecular complexity index is 633. The molecule has 10 heteroatoms. The van der Waals surface area contributed by atoms with E-state index in [0.29, 0.717) is 31.1 Å². The Balaban J connectivity index is 0.00000529. The Morgan fingerprint density at radius 3 is 2.62 bits per heavy atom. The first-order valence-electron chi connectivity index (χ1n) is 7.47. The van der Waals surface area contributed by atoms with Gasteiger partial charge in [0.15, 0.2) is 5.96 Å². The maximum Gasteiger partial charge on any atom is 0.208 e. The lowest BCUT2D eigenvalue weighted by atomic mass is 10.4. The van der Waals surface area contributed by atoms with Gasteiger partial charge in [-0.15, -0.1) is 24.0 Å². The quantitative estimate of drug-likeness (QED) is 0.251. The van der Waals surface area contributed by atoms with Gasteiger partial charge in [0, 0.05) is 45.6 Å². The molecule has 0 aromatic carbocycles. The van der Waals surface area contributed by atoms with Gasteiger partial charge in [-0.1, -0.05) is 11.6 Å². The van der Waals surface area contributed by atoms with E-state index in [9.17, 15) is 8.42 Å². The highest BCUT2D eigenvalue weighted by Crippen LogP contribution is 2.14. The molecule has 0 bridgehead atoms. The van der Waals surface area contributed by atoms with E-state index in [-0.39, 0.29) is 24.0 Å². The molecule has 0 fully saturated rings. The van der Waals surface area contributed by atoms with Crippen LogP contribution in [0.5, 0.6) is 0 Å². The van der Waals surface area contributed by atoms with E-state index in [1.807, 2.05) is 42.7 Å². The first kappa shape index (κ1) is 23.5. The van der Waals surface area contributed by atoms with E-state index in [1.54, 1.807) is 0 Å². The molecule has 0 saturated carbocycles. The third kappa shape index (κ3) is 9.09. The van der Waals surface area contributed by atoms with Gasteiger partial charge in [0.05, 0.1) is 17.8 Å². The minimum atomic E-state index is -3.13. The zero-order valence-electron chi connectivity index (χ0n) is 14.5.